The minimum Gasteiger partial charge on any atom is -0.321 e. The van der Waals surface area contributed by atoms with Crippen molar-refractivity contribution in [2.24, 2.45) is 0 Å². The third kappa shape index (κ3) is 3.76. The molecule has 0 saturated carbocycles. The number of rotatable bonds is 5. The van der Waals surface area contributed by atoms with Gasteiger partial charge in [-0.25, -0.2) is 4.68 Å². The Kier molecular flexibility index (Phi) is 4.92. The largest absolute Gasteiger partial charge is 0.321 e. The summed E-state index contributed by atoms with van der Waals surface area (Å²) in [7, 11) is 0. The van der Waals surface area contributed by atoms with Crippen molar-refractivity contribution in [2.45, 2.75) is 32.7 Å². The number of amides is 2. The lowest BCUT2D eigenvalue weighted by Crippen LogP contribution is -2.26. The average Bonchev–Trinajstić information content (AvgIpc) is 3.04. The Hall–Kier alpha value is -2.96. The van der Waals surface area contributed by atoms with Gasteiger partial charge in [-0.05, 0) is 43.2 Å². The zero-order valence-electron chi connectivity index (χ0n) is 14.1. The van der Waals surface area contributed by atoms with E-state index in [-0.39, 0.29) is 23.1 Å². The molecule has 1 aliphatic rings. The molecule has 0 bridgehead atoms. The molecule has 7 heteroatoms. The van der Waals surface area contributed by atoms with Crippen LogP contribution in [0.4, 0.5) is 11.4 Å². The van der Waals surface area contributed by atoms with E-state index in [0.29, 0.717) is 18.7 Å². The standard InChI is InChI=1S/C18H20N4O3/c1-2-11-22-17(24)10-9-15(20-22)18(25)19-13-5-7-14(8-6-13)21-12-3-4-16(21)23/h5-10H,2-4,11-12H2,1H3,(H,19,25). The number of nitrogens with one attached hydrogen (secondary N) is 1. The van der Waals surface area contributed by atoms with Gasteiger partial charge in [-0.3, -0.25) is 14.4 Å². The molecule has 0 spiro atoms. The van der Waals surface area contributed by atoms with Gasteiger partial charge >= 0.3 is 0 Å². The number of nitrogens with zero attached hydrogens (tertiary/aromatic N) is 3. The average molecular weight is 340 g/mol. The number of hydrogen-bond donors (Lipinski definition) is 1. The summed E-state index contributed by atoms with van der Waals surface area (Å²) in [5.41, 5.74) is 1.40. The molecule has 1 fully saturated rings. The molecular formula is C18H20N4O3. The predicted molar refractivity (Wildman–Crippen MR) is 94.8 cm³/mol. The van der Waals surface area contributed by atoms with Crippen LogP contribution in [0.2, 0.25) is 0 Å². The Morgan fingerprint density at radius 1 is 1.16 bits per heavy atom. The van der Waals surface area contributed by atoms with Gasteiger partial charge in [0.1, 0.15) is 5.69 Å². The highest BCUT2D eigenvalue weighted by atomic mass is 16.2. The third-order valence-corrected chi connectivity index (χ3v) is 4.04. The fraction of sp³-hybridized carbons (Fsp3) is 0.333. The second-order valence-electron chi connectivity index (χ2n) is 5.93. The Morgan fingerprint density at radius 3 is 2.56 bits per heavy atom. The molecule has 25 heavy (non-hydrogen) atoms. The van der Waals surface area contributed by atoms with Crippen LogP contribution in [0, 0.1) is 0 Å². The molecule has 1 aromatic heterocycles. The molecule has 1 N–H and O–H groups in total. The lowest BCUT2D eigenvalue weighted by Gasteiger charge is -2.16. The molecule has 0 aliphatic carbocycles. The third-order valence-electron chi connectivity index (χ3n) is 4.04. The van der Waals surface area contributed by atoms with Gasteiger partial charge in [-0.2, -0.15) is 5.10 Å². The van der Waals surface area contributed by atoms with E-state index >= 15 is 0 Å². The van der Waals surface area contributed by atoms with Crippen LogP contribution in [0.3, 0.4) is 0 Å². The van der Waals surface area contributed by atoms with Gasteiger partial charge in [0.15, 0.2) is 0 Å². The van der Waals surface area contributed by atoms with Crippen LogP contribution in [-0.4, -0.2) is 28.1 Å². The summed E-state index contributed by atoms with van der Waals surface area (Å²) in [6, 6.07) is 9.89. The highest BCUT2D eigenvalue weighted by Crippen LogP contribution is 2.23. The first kappa shape index (κ1) is 16.9. The SMILES string of the molecule is CCCn1nc(C(=O)Nc2ccc(N3CCCC3=O)cc2)ccc1=O. The summed E-state index contributed by atoms with van der Waals surface area (Å²) in [6.45, 7) is 3.14. The molecule has 2 aromatic rings. The second-order valence-corrected chi connectivity index (χ2v) is 5.93. The van der Waals surface area contributed by atoms with Crippen molar-refractivity contribution in [3.05, 3.63) is 52.4 Å². The number of benzene rings is 1. The minimum atomic E-state index is -0.380. The zero-order chi connectivity index (χ0) is 17.8. The number of hydrogen-bond acceptors (Lipinski definition) is 4. The van der Waals surface area contributed by atoms with Crippen molar-refractivity contribution in [2.75, 3.05) is 16.8 Å². The van der Waals surface area contributed by atoms with Gasteiger partial charge < -0.3 is 10.2 Å². The van der Waals surface area contributed by atoms with Crippen molar-refractivity contribution >= 4 is 23.2 Å². The van der Waals surface area contributed by atoms with Crippen LogP contribution in [0.15, 0.2) is 41.2 Å². The first-order valence-corrected chi connectivity index (χ1v) is 8.38. The maximum Gasteiger partial charge on any atom is 0.276 e. The summed E-state index contributed by atoms with van der Waals surface area (Å²) in [5, 5.41) is 6.84. The Labute approximate surface area is 145 Å². The molecule has 2 heterocycles. The Bertz CT molecular complexity index is 842. The molecule has 0 radical (unpaired) electrons. The van der Waals surface area contributed by atoms with E-state index in [9.17, 15) is 14.4 Å². The number of aromatic nitrogens is 2. The van der Waals surface area contributed by atoms with Crippen LogP contribution < -0.4 is 15.8 Å². The van der Waals surface area contributed by atoms with Crippen LogP contribution >= 0.6 is 0 Å². The van der Waals surface area contributed by atoms with E-state index in [2.05, 4.69) is 10.4 Å². The van der Waals surface area contributed by atoms with Crippen molar-refractivity contribution in [1.29, 1.82) is 0 Å². The molecule has 1 aliphatic heterocycles. The monoisotopic (exact) mass is 340 g/mol. The van der Waals surface area contributed by atoms with E-state index < -0.39 is 0 Å². The van der Waals surface area contributed by atoms with E-state index in [0.717, 1.165) is 25.1 Å². The molecule has 7 nitrogen and oxygen atoms in total. The van der Waals surface area contributed by atoms with Crippen molar-refractivity contribution in [3.63, 3.8) is 0 Å². The first-order valence-electron chi connectivity index (χ1n) is 8.38. The molecule has 2 amide bonds. The maximum atomic E-state index is 12.3. The minimum absolute atomic E-state index is 0.124. The van der Waals surface area contributed by atoms with E-state index in [1.165, 1.54) is 16.8 Å². The van der Waals surface area contributed by atoms with Gasteiger partial charge in [-0.1, -0.05) is 6.92 Å². The number of anilines is 2. The van der Waals surface area contributed by atoms with Crippen LogP contribution in [0.25, 0.3) is 0 Å². The lowest BCUT2D eigenvalue weighted by molar-refractivity contribution is -0.117. The van der Waals surface area contributed by atoms with Crippen LogP contribution in [0.1, 0.15) is 36.7 Å². The highest BCUT2D eigenvalue weighted by molar-refractivity contribution is 6.03. The van der Waals surface area contributed by atoms with Crippen molar-refractivity contribution < 1.29 is 9.59 Å². The molecule has 0 unspecified atom stereocenters. The molecule has 0 atom stereocenters. The van der Waals surface area contributed by atoms with Crippen molar-refractivity contribution in [1.82, 2.24) is 9.78 Å². The first-order chi connectivity index (χ1) is 12.1. The van der Waals surface area contributed by atoms with Gasteiger partial charge in [0.2, 0.25) is 5.91 Å². The Balaban J connectivity index is 1.71. The lowest BCUT2D eigenvalue weighted by atomic mass is 10.2. The van der Waals surface area contributed by atoms with Crippen LogP contribution in [0.5, 0.6) is 0 Å². The summed E-state index contributed by atoms with van der Waals surface area (Å²) >= 11 is 0. The van der Waals surface area contributed by atoms with Gasteiger partial charge in [0, 0.05) is 37.0 Å². The van der Waals surface area contributed by atoms with Gasteiger partial charge in [0.05, 0.1) is 0 Å². The number of aryl methyl sites for hydroxylation is 1. The molecule has 130 valence electrons. The molecule has 1 aromatic carbocycles. The number of carbonyl (C=O) groups is 2. The highest BCUT2D eigenvalue weighted by Gasteiger charge is 2.21. The van der Waals surface area contributed by atoms with E-state index in [1.54, 1.807) is 17.0 Å². The molecule has 3 rings (SSSR count). The molecular weight excluding hydrogens is 320 g/mol. The van der Waals surface area contributed by atoms with Crippen molar-refractivity contribution in [3.8, 4) is 0 Å². The fourth-order valence-corrected chi connectivity index (χ4v) is 2.78. The summed E-state index contributed by atoms with van der Waals surface area (Å²) < 4.78 is 1.29. The quantitative estimate of drug-likeness (QED) is 0.902. The van der Waals surface area contributed by atoms with Gasteiger partial charge in [-0.15, -0.1) is 0 Å². The smallest absolute Gasteiger partial charge is 0.276 e. The second kappa shape index (κ2) is 7.29. The predicted octanol–water partition coefficient (Wildman–Crippen LogP) is 2.03. The normalized spacial score (nSPS) is 14.0. The zero-order valence-corrected chi connectivity index (χ0v) is 14.1. The van der Waals surface area contributed by atoms with E-state index in [4.69, 9.17) is 0 Å². The summed E-state index contributed by atoms with van der Waals surface area (Å²) in [4.78, 5) is 37.5. The van der Waals surface area contributed by atoms with Gasteiger partial charge in [0.25, 0.3) is 11.5 Å². The molecule has 1 saturated heterocycles. The fourth-order valence-electron chi connectivity index (χ4n) is 2.78. The van der Waals surface area contributed by atoms with Crippen LogP contribution in [-0.2, 0) is 11.3 Å². The Morgan fingerprint density at radius 2 is 1.92 bits per heavy atom. The topological polar surface area (TPSA) is 84.3 Å². The van der Waals surface area contributed by atoms with E-state index in [1.807, 2.05) is 19.1 Å². The summed E-state index contributed by atoms with van der Waals surface area (Å²) in [5.74, 6) is -0.256. The number of carbonyl (C=O) groups excluding carboxylic acids is 2. The maximum absolute atomic E-state index is 12.3. The summed E-state index contributed by atoms with van der Waals surface area (Å²) in [6.07, 6.45) is 2.21.